The van der Waals surface area contributed by atoms with Crippen molar-refractivity contribution in [3.8, 4) is 0 Å². The van der Waals surface area contributed by atoms with Crippen molar-refractivity contribution in [1.82, 2.24) is 15.1 Å². The van der Waals surface area contributed by atoms with Gasteiger partial charge in [-0.2, -0.15) is 0 Å². The first kappa shape index (κ1) is 17.4. The fourth-order valence-corrected chi connectivity index (χ4v) is 4.10. The number of fused-ring (bicyclic) bond motifs is 3. The summed E-state index contributed by atoms with van der Waals surface area (Å²) in [5.41, 5.74) is 2.49. The van der Waals surface area contributed by atoms with E-state index in [0.717, 1.165) is 21.9 Å². The predicted octanol–water partition coefficient (Wildman–Crippen LogP) is 2.92. The number of nitrogens with zero attached hydrogens (tertiary/aromatic N) is 2. The number of benzene rings is 3. The summed E-state index contributed by atoms with van der Waals surface area (Å²) in [6.07, 6.45) is 0. The van der Waals surface area contributed by atoms with E-state index in [9.17, 15) is 14.4 Å². The Balaban J connectivity index is 1.55. The molecule has 0 spiro atoms. The van der Waals surface area contributed by atoms with E-state index in [2.05, 4.69) is 5.32 Å². The van der Waals surface area contributed by atoms with Gasteiger partial charge in [0.25, 0.3) is 11.8 Å². The molecule has 0 aromatic heterocycles. The van der Waals surface area contributed by atoms with E-state index < -0.39 is 12.1 Å². The van der Waals surface area contributed by atoms with E-state index in [1.54, 1.807) is 4.90 Å². The van der Waals surface area contributed by atoms with Crippen LogP contribution in [0.2, 0.25) is 0 Å². The van der Waals surface area contributed by atoms with Gasteiger partial charge >= 0.3 is 6.03 Å². The van der Waals surface area contributed by atoms with Crippen LogP contribution in [0.5, 0.6) is 0 Å². The van der Waals surface area contributed by atoms with Crippen LogP contribution in [0.1, 0.15) is 21.5 Å². The summed E-state index contributed by atoms with van der Waals surface area (Å²) in [6.45, 7) is 0.918. The first-order valence-corrected chi connectivity index (χ1v) is 9.56. The zero-order chi connectivity index (χ0) is 20.0. The Hall–Kier alpha value is -3.67. The molecule has 2 aliphatic heterocycles. The summed E-state index contributed by atoms with van der Waals surface area (Å²) in [6, 6.07) is 20.1. The smallest absolute Gasteiger partial charge is 0.325 e. The van der Waals surface area contributed by atoms with Crippen molar-refractivity contribution in [2.45, 2.75) is 19.1 Å². The van der Waals surface area contributed by atoms with Crippen molar-refractivity contribution in [2.24, 2.45) is 0 Å². The Morgan fingerprint density at radius 2 is 1.55 bits per heavy atom. The van der Waals surface area contributed by atoms with E-state index in [1.165, 1.54) is 4.90 Å². The largest absolute Gasteiger partial charge is 0.332 e. The molecule has 1 atom stereocenters. The lowest BCUT2D eigenvalue weighted by Crippen LogP contribution is -2.47. The molecule has 1 saturated heterocycles. The van der Waals surface area contributed by atoms with Gasteiger partial charge in [0.15, 0.2) is 0 Å². The Kier molecular flexibility index (Phi) is 4.05. The van der Waals surface area contributed by atoms with Gasteiger partial charge in [-0.15, -0.1) is 0 Å². The van der Waals surface area contributed by atoms with Crippen molar-refractivity contribution in [1.29, 1.82) is 0 Å². The third-order valence-electron chi connectivity index (χ3n) is 5.67. The first-order valence-electron chi connectivity index (χ1n) is 9.56. The second kappa shape index (κ2) is 6.74. The van der Waals surface area contributed by atoms with Crippen molar-refractivity contribution >= 4 is 28.6 Å². The Morgan fingerprint density at radius 1 is 0.862 bits per heavy atom. The fraction of sp³-hybridized carbons (Fsp3) is 0.174. The molecule has 4 amide bonds. The molecule has 2 aliphatic rings. The lowest BCUT2D eigenvalue weighted by Gasteiger charge is -2.33. The second-order valence-electron chi connectivity index (χ2n) is 7.45. The van der Waals surface area contributed by atoms with Gasteiger partial charge in [-0.25, -0.2) is 4.79 Å². The van der Waals surface area contributed by atoms with Crippen LogP contribution < -0.4 is 5.32 Å². The first-order chi connectivity index (χ1) is 14.1. The molecule has 1 unspecified atom stereocenters. The maximum absolute atomic E-state index is 13.4. The fourth-order valence-electron chi connectivity index (χ4n) is 4.10. The molecule has 0 radical (unpaired) electrons. The highest BCUT2D eigenvalue weighted by atomic mass is 16.2. The van der Waals surface area contributed by atoms with Crippen LogP contribution in [0.25, 0.3) is 10.8 Å². The summed E-state index contributed by atoms with van der Waals surface area (Å²) >= 11 is 0. The molecular weight excluding hydrogens is 366 g/mol. The van der Waals surface area contributed by atoms with E-state index >= 15 is 0 Å². The van der Waals surface area contributed by atoms with Gasteiger partial charge in [-0.3, -0.25) is 14.9 Å². The predicted molar refractivity (Wildman–Crippen MR) is 108 cm³/mol. The molecule has 29 heavy (non-hydrogen) atoms. The Bertz CT molecular complexity index is 1160. The summed E-state index contributed by atoms with van der Waals surface area (Å²) in [5.74, 6) is -0.509. The van der Waals surface area contributed by atoms with Crippen LogP contribution in [0, 0.1) is 0 Å². The normalized spacial score (nSPS) is 18.7. The third kappa shape index (κ3) is 3.02. The molecule has 6 heteroatoms. The second-order valence-corrected chi connectivity index (χ2v) is 7.45. The molecule has 3 aromatic carbocycles. The monoisotopic (exact) mass is 385 g/mol. The number of hydrogen-bond acceptors (Lipinski definition) is 3. The van der Waals surface area contributed by atoms with Crippen LogP contribution in [0.15, 0.2) is 66.7 Å². The van der Waals surface area contributed by atoms with Crippen molar-refractivity contribution in [3.05, 3.63) is 83.4 Å². The molecule has 0 bridgehead atoms. The molecule has 2 heterocycles. The van der Waals surface area contributed by atoms with Gasteiger partial charge in [-0.1, -0.05) is 54.6 Å². The minimum absolute atomic E-state index is 0.153. The van der Waals surface area contributed by atoms with E-state index in [4.69, 9.17) is 0 Å². The molecule has 6 nitrogen and oxygen atoms in total. The third-order valence-corrected chi connectivity index (χ3v) is 5.67. The standard InChI is InChI=1S/C23H19N3O3/c27-21-20-14-25(22(28)17-10-9-15-5-1-2-6-16(15)11-17)12-18-7-3-4-8-19(18)13-26(20)23(29)24-21/h1-11,20H,12-14H2,(H,24,27,29). The van der Waals surface area contributed by atoms with Crippen LogP contribution in [-0.4, -0.2) is 40.2 Å². The zero-order valence-corrected chi connectivity index (χ0v) is 15.7. The van der Waals surface area contributed by atoms with Crippen LogP contribution in [0.4, 0.5) is 4.79 Å². The molecular formula is C23H19N3O3. The average molecular weight is 385 g/mol. The number of carbonyl (C=O) groups is 3. The number of urea groups is 1. The quantitative estimate of drug-likeness (QED) is 0.655. The minimum Gasteiger partial charge on any atom is -0.332 e. The van der Waals surface area contributed by atoms with Gasteiger partial charge in [0.1, 0.15) is 6.04 Å². The summed E-state index contributed by atoms with van der Waals surface area (Å²) < 4.78 is 0. The van der Waals surface area contributed by atoms with Crippen molar-refractivity contribution in [2.75, 3.05) is 6.54 Å². The Morgan fingerprint density at radius 3 is 2.34 bits per heavy atom. The summed E-state index contributed by atoms with van der Waals surface area (Å²) in [7, 11) is 0. The highest BCUT2D eigenvalue weighted by Crippen LogP contribution is 2.25. The van der Waals surface area contributed by atoms with Gasteiger partial charge in [0.2, 0.25) is 0 Å². The van der Waals surface area contributed by atoms with E-state index in [0.29, 0.717) is 18.7 Å². The molecule has 1 fully saturated rings. The number of rotatable bonds is 1. The highest BCUT2D eigenvalue weighted by Gasteiger charge is 2.41. The van der Waals surface area contributed by atoms with Crippen LogP contribution in [0.3, 0.4) is 0 Å². The van der Waals surface area contributed by atoms with Crippen molar-refractivity contribution in [3.63, 3.8) is 0 Å². The van der Waals surface area contributed by atoms with Crippen LogP contribution in [-0.2, 0) is 17.9 Å². The molecule has 1 N–H and O–H groups in total. The van der Waals surface area contributed by atoms with Gasteiger partial charge in [0.05, 0.1) is 6.54 Å². The zero-order valence-electron chi connectivity index (χ0n) is 15.7. The maximum Gasteiger partial charge on any atom is 0.325 e. The maximum atomic E-state index is 13.4. The van der Waals surface area contributed by atoms with Gasteiger partial charge < -0.3 is 9.80 Å². The lowest BCUT2D eigenvalue weighted by atomic mass is 10.0. The average Bonchev–Trinajstić information content (AvgIpc) is 2.98. The molecule has 0 aliphatic carbocycles. The van der Waals surface area contributed by atoms with Gasteiger partial charge in [0, 0.05) is 18.7 Å². The number of imide groups is 1. The van der Waals surface area contributed by atoms with E-state index in [-0.39, 0.29) is 18.4 Å². The number of carbonyl (C=O) groups excluding carboxylic acids is 3. The minimum atomic E-state index is -0.680. The SMILES string of the molecule is O=C1NC(=O)N2Cc3ccccc3CN(C(=O)c3ccc4ccccc4c3)CC12. The van der Waals surface area contributed by atoms with Gasteiger partial charge in [-0.05, 0) is 34.0 Å². The van der Waals surface area contributed by atoms with E-state index in [1.807, 2.05) is 66.7 Å². The number of hydrogen-bond donors (Lipinski definition) is 1. The highest BCUT2D eigenvalue weighted by molar-refractivity contribution is 6.05. The van der Waals surface area contributed by atoms with Crippen molar-refractivity contribution < 1.29 is 14.4 Å². The summed E-state index contributed by atoms with van der Waals surface area (Å²) in [4.78, 5) is 41.2. The van der Waals surface area contributed by atoms with Crippen LogP contribution >= 0.6 is 0 Å². The topological polar surface area (TPSA) is 69.7 Å². The molecule has 144 valence electrons. The molecule has 3 aromatic rings. The Labute approximate surface area is 167 Å². The number of amides is 4. The lowest BCUT2D eigenvalue weighted by molar-refractivity contribution is -0.122. The molecule has 5 rings (SSSR count). The molecule has 0 saturated carbocycles. The number of nitrogens with one attached hydrogen (secondary N) is 1. The summed E-state index contributed by atoms with van der Waals surface area (Å²) in [5, 5.41) is 4.43.